The molecule has 0 atom stereocenters. The van der Waals surface area contributed by atoms with Crippen molar-refractivity contribution < 1.29 is 13.9 Å². The Morgan fingerprint density at radius 3 is 2.47 bits per heavy atom. The molecule has 2 aromatic rings. The molecule has 0 saturated carbocycles. The van der Waals surface area contributed by atoms with Crippen LogP contribution < -0.4 is 4.74 Å². The highest BCUT2D eigenvalue weighted by Crippen LogP contribution is 2.14. The van der Waals surface area contributed by atoms with Gasteiger partial charge >= 0.3 is 5.97 Å². The Kier molecular flexibility index (Phi) is 4.29. The maximum atomic E-state index is 13.4. The Hall–Kier alpha value is -2.16. The summed E-state index contributed by atoms with van der Waals surface area (Å²) >= 11 is 0. The summed E-state index contributed by atoms with van der Waals surface area (Å²) in [5, 5.41) is 0. The van der Waals surface area contributed by atoms with Crippen LogP contribution in [-0.4, -0.2) is 5.97 Å². The first-order valence-electron chi connectivity index (χ1n) is 6.16. The number of carbonyl (C=O) groups excluding carboxylic acids is 1. The Balaban J connectivity index is 1.88. The van der Waals surface area contributed by atoms with Crippen LogP contribution in [0.15, 0.2) is 48.5 Å². The van der Waals surface area contributed by atoms with Crippen LogP contribution in [-0.2, 0) is 11.2 Å². The zero-order valence-corrected chi connectivity index (χ0v) is 10.7. The molecule has 2 aromatic carbocycles. The van der Waals surface area contributed by atoms with Crippen molar-refractivity contribution in [2.75, 3.05) is 0 Å². The van der Waals surface area contributed by atoms with Gasteiger partial charge in [-0.05, 0) is 37.1 Å². The molecule has 0 unspecified atom stereocenters. The second-order valence-electron chi connectivity index (χ2n) is 4.38. The van der Waals surface area contributed by atoms with E-state index in [0.717, 1.165) is 5.56 Å². The first-order chi connectivity index (χ1) is 9.15. The van der Waals surface area contributed by atoms with E-state index in [-0.39, 0.29) is 18.2 Å². The number of esters is 1. The zero-order valence-electron chi connectivity index (χ0n) is 10.7. The highest BCUT2D eigenvalue weighted by Gasteiger charge is 2.07. The molecule has 0 bridgehead atoms. The lowest BCUT2D eigenvalue weighted by Gasteiger charge is -2.05. The molecule has 3 heteroatoms. The van der Waals surface area contributed by atoms with Crippen LogP contribution >= 0.6 is 0 Å². The number of aryl methyl sites for hydroxylation is 2. The molecule has 2 nitrogen and oxygen atoms in total. The van der Waals surface area contributed by atoms with E-state index in [0.29, 0.717) is 17.7 Å². The van der Waals surface area contributed by atoms with Gasteiger partial charge in [0, 0.05) is 0 Å². The Morgan fingerprint density at radius 1 is 1.11 bits per heavy atom. The van der Waals surface area contributed by atoms with Crippen molar-refractivity contribution in [2.24, 2.45) is 0 Å². The van der Waals surface area contributed by atoms with E-state index in [9.17, 15) is 9.18 Å². The fourth-order valence-corrected chi connectivity index (χ4v) is 1.73. The van der Waals surface area contributed by atoms with Gasteiger partial charge in [-0.3, -0.25) is 4.79 Å². The van der Waals surface area contributed by atoms with Gasteiger partial charge in [0.2, 0.25) is 0 Å². The lowest BCUT2D eigenvalue weighted by atomic mass is 10.1. The minimum absolute atomic E-state index is 0.162. The van der Waals surface area contributed by atoms with Crippen LogP contribution in [0.3, 0.4) is 0 Å². The number of hydrogen-bond donors (Lipinski definition) is 0. The van der Waals surface area contributed by atoms with Crippen LogP contribution in [0.1, 0.15) is 17.5 Å². The molecule has 0 N–H and O–H groups in total. The predicted molar refractivity (Wildman–Crippen MR) is 71.5 cm³/mol. The highest BCUT2D eigenvalue weighted by atomic mass is 19.1. The van der Waals surface area contributed by atoms with Gasteiger partial charge in [0.05, 0.1) is 6.42 Å². The lowest BCUT2D eigenvalue weighted by Crippen LogP contribution is -2.09. The summed E-state index contributed by atoms with van der Waals surface area (Å²) in [6.45, 7) is 1.96. The SMILES string of the molecule is Cc1ccc(OC(=O)CCc2ccccc2F)cc1. The van der Waals surface area contributed by atoms with E-state index in [1.807, 2.05) is 19.1 Å². The summed E-state index contributed by atoms with van der Waals surface area (Å²) in [6, 6.07) is 13.7. The lowest BCUT2D eigenvalue weighted by molar-refractivity contribution is -0.134. The van der Waals surface area contributed by atoms with Gasteiger partial charge in [-0.2, -0.15) is 0 Å². The summed E-state index contributed by atoms with van der Waals surface area (Å²) in [5.41, 5.74) is 1.63. The minimum Gasteiger partial charge on any atom is -0.427 e. The monoisotopic (exact) mass is 258 g/mol. The van der Waals surface area contributed by atoms with E-state index >= 15 is 0 Å². The Labute approximate surface area is 111 Å². The van der Waals surface area contributed by atoms with Gasteiger partial charge in [-0.1, -0.05) is 35.9 Å². The molecule has 0 heterocycles. The van der Waals surface area contributed by atoms with E-state index in [1.165, 1.54) is 6.07 Å². The first-order valence-corrected chi connectivity index (χ1v) is 6.16. The van der Waals surface area contributed by atoms with Crippen LogP contribution in [0.2, 0.25) is 0 Å². The molecular formula is C16H15FO2. The maximum absolute atomic E-state index is 13.4. The van der Waals surface area contributed by atoms with Crippen molar-refractivity contribution in [2.45, 2.75) is 19.8 Å². The molecule has 0 spiro atoms. The number of carbonyl (C=O) groups is 1. The van der Waals surface area contributed by atoms with E-state index in [1.54, 1.807) is 30.3 Å². The second kappa shape index (κ2) is 6.14. The van der Waals surface area contributed by atoms with Crippen LogP contribution in [0.5, 0.6) is 5.75 Å². The third kappa shape index (κ3) is 3.91. The molecule has 0 radical (unpaired) electrons. The summed E-state index contributed by atoms with van der Waals surface area (Å²) in [7, 11) is 0. The summed E-state index contributed by atoms with van der Waals surface area (Å²) in [5.74, 6) is -0.123. The van der Waals surface area contributed by atoms with E-state index in [2.05, 4.69) is 0 Å². The van der Waals surface area contributed by atoms with Gasteiger partial charge in [0.1, 0.15) is 11.6 Å². The second-order valence-corrected chi connectivity index (χ2v) is 4.38. The van der Waals surface area contributed by atoms with Gasteiger partial charge < -0.3 is 4.74 Å². The summed E-state index contributed by atoms with van der Waals surface area (Å²) in [4.78, 5) is 11.6. The van der Waals surface area contributed by atoms with Crippen molar-refractivity contribution in [1.82, 2.24) is 0 Å². The number of halogens is 1. The topological polar surface area (TPSA) is 26.3 Å². The van der Waals surface area contributed by atoms with Crippen molar-refractivity contribution >= 4 is 5.97 Å². The minimum atomic E-state index is -0.355. The summed E-state index contributed by atoms with van der Waals surface area (Å²) < 4.78 is 18.5. The van der Waals surface area contributed by atoms with Crippen molar-refractivity contribution in [3.63, 3.8) is 0 Å². The fraction of sp³-hybridized carbons (Fsp3) is 0.188. The smallest absolute Gasteiger partial charge is 0.311 e. The molecule has 0 aliphatic carbocycles. The van der Waals surface area contributed by atoms with Crippen LogP contribution in [0.25, 0.3) is 0 Å². The standard InChI is InChI=1S/C16H15FO2/c1-12-6-9-14(10-7-12)19-16(18)11-8-13-4-2-3-5-15(13)17/h2-7,9-10H,8,11H2,1H3. The maximum Gasteiger partial charge on any atom is 0.311 e. The van der Waals surface area contributed by atoms with Crippen LogP contribution in [0, 0.1) is 12.7 Å². The van der Waals surface area contributed by atoms with E-state index < -0.39 is 0 Å². The average Bonchev–Trinajstić information content (AvgIpc) is 2.40. The van der Waals surface area contributed by atoms with Crippen LogP contribution in [0.4, 0.5) is 4.39 Å². The number of benzene rings is 2. The molecule has 0 saturated heterocycles. The number of hydrogen-bond acceptors (Lipinski definition) is 2. The molecular weight excluding hydrogens is 243 g/mol. The molecule has 2 rings (SSSR count). The van der Waals surface area contributed by atoms with Gasteiger partial charge in [0.15, 0.2) is 0 Å². The van der Waals surface area contributed by atoms with Gasteiger partial charge in [0.25, 0.3) is 0 Å². The zero-order chi connectivity index (χ0) is 13.7. The van der Waals surface area contributed by atoms with Crippen molar-refractivity contribution in [3.8, 4) is 5.75 Å². The Morgan fingerprint density at radius 2 is 1.79 bits per heavy atom. The highest BCUT2D eigenvalue weighted by molar-refractivity contribution is 5.72. The molecule has 0 aromatic heterocycles. The fourth-order valence-electron chi connectivity index (χ4n) is 1.73. The van der Waals surface area contributed by atoms with Gasteiger partial charge in [-0.15, -0.1) is 0 Å². The molecule has 0 fully saturated rings. The molecule has 19 heavy (non-hydrogen) atoms. The molecule has 0 aliphatic rings. The quantitative estimate of drug-likeness (QED) is 0.617. The average molecular weight is 258 g/mol. The molecule has 0 amide bonds. The normalized spacial score (nSPS) is 10.2. The molecule has 0 aliphatic heterocycles. The molecule has 98 valence electrons. The van der Waals surface area contributed by atoms with Crippen molar-refractivity contribution in [3.05, 3.63) is 65.5 Å². The van der Waals surface area contributed by atoms with Crippen molar-refractivity contribution in [1.29, 1.82) is 0 Å². The number of rotatable bonds is 4. The first kappa shape index (κ1) is 13.3. The Bertz CT molecular complexity index is 561. The predicted octanol–water partition coefficient (Wildman–Crippen LogP) is 3.67. The van der Waals surface area contributed by atoms with E-state index in [4.69, 9.17) is 4.74 Å². The third-order valence-electron chi connectivity index (χ3n) is 2.81. The summed E-state index contributed by atoms with van der Waals surface area (Å²) in [6.07, 6.45) is 0.506. The number of ether oxygens (including phenoxy) is 1. The third-order valence-corrected chi connectivity index (χ3v) is 2.81. The largest absolute Gasteiger partial charge is 0.427 e. The van der Waals surface area contributed by atoms with Gasteiger partial charge in [-0.25, -0.2) is 4.39 Å².